The molecule has 0 aliphatic rings. The van der Waals surface area contributed by atoms with Crippen molar-refractivity contribution in [3.05, 3.63) is 249 Å². The van der Waals surface area contributed by atoms with E-state index in [9.17, 15) is 0 Å². The third-order valence-corrected chi connectivity index (χ3v) is 13.5. The number of nitrogens with zero attached hydrogens (tertiary/aromatic N) is 1. The van der Waals surface area contributed by atoms with Crippen molar-refractivity contribution in [1.29, 1.82) is 0 Å². The van der Waals surface area contributed by atoms with Crippen molar-refractivity contribution < 1.29 is 4.42 Å². The highest BCUT2D eigenvalue weighted by Gasteiger charge is 2.20. The van der Waals surface area contributed by atoms with Gasteiger partial charge in [0.25, 0.3) is 0 Å². The summed E-state index contributed by atoms with van der Waals surface area (Å²) in [5.41, 5.74) is 14.5. The van der Waals surface area contributed by atoms with Gasteiger partial charge < -0.3 is 9.32 Å². The molecule has 0 spiro atoms. The van der Waals surface area contributed by atoms with Gasteiger partial charge in [-0.15, -0.1) is 0 Å². The molecule has 2 nitrogen and oxygen atoms in total. The van der Waals surface area contributed by atoms with E-state index < -0.39 is 0 Å². The van der Waals surface area contributed by atoms with Crippen LogP contribution < -0.4 is 4.90 Å². The monoisotopic (exact) mass is 839 g/mol. The van der Waals surface area contributed by atoms with E-state index >= 15 is 0 Å². The summed E-state index contributed by atoms with van der Waals surface area (Å²) in [5, 5.41) is 12.4. The van der Waals surface area contributed by atoms with Gasteiger partial charge in [0.15, 0.2) is 0 Å². The van der Waals surface area contributed by atoms with Crippen LogP contribution in [0.25, 0.3) is 110 Å². The minimum absolute atomic E-state index is 0.897. The lowest BCUT2D eigenvalue weighted by Gasteiger charge is -2.28. The first kappa shape index (κ1) is 37.8. The average Bonchev–Trinajstić information content (AvgIpc) is 3.78. The molecule has 0 bridgehead atoms. The van der Waals surface area contributed by atoms with Crippen LogP contribution in [0.15, 0.2) is 253 Å². The average molecular weight is 840 g/mol. The second kappa shape index (κ2) is 15.5. The van der Waals surface area contributed by atoms with Gasteiger partial charge in [-0.1, -0.05) is 200 Å². The third-order valence-electron chi connectivity index (χ3n) is 13.5. The number of para-hydroxylation sites is 2. The summed E-state index contributed by atoms with van der Waals surface area (Å²) in [7, 11) is 0. The van der Waals surface area contributed by atoms with Gasteiger partial charge in [-0.2, -0.15) is 0 Å². The van der Waals surface area contributed by atoms with Crippen LogP contribution in [-0.4, -0.2) is 0 Å². The molecule has 66 heavy (non-hydrogen) atoms. The molecule has 0 saturated carbocycles. The number of furan rings is 1. The molecule has 0 aliphatic heterocycles. The van der Waals surface area contributed by atoms with Crippen molar-refractivity contribution in [2.75, 3.05) is 4.90 Å². The molecule has 0 unspecified atom stereocenters. The summed E-state index contributed by atoms with van der Waals surface area (Å²) >= 11 is 0. The van der Waals surface area contributed by atoms with E-state index in [2.05, 4.69) is 241 Å². The van der Waals surface area contributed by atoms with Crippen LogP contribution >= 0.6 is 0 Å². The number of hydrogen-bond acceptors (Lipinski definition) is 2. The summed E-state index contributed by atoms with van der Waals surface area (Å²) in [6, 6.07) is 90.3. The Morgan fingerprint density at radius 3 is 1.48 bits per heavy atom. The maximum absolute atomic E-state index is 6.29. The van der Waals surface area contributed by atoms with Crippen LogP contribution in [0.3, 0.4) is 0 Å². The highest BCUT2D eigenvalue weighted by Crippen LogP contribution is 2.45. The Morgan fingerprint density at radius 1 is 0.258 bits per heavy atom. The first-order chi connectivity index (χ1) is 32.7. The highest BCUT2D eigenvalue weighted by molar-refractivity contribution is 6.14. The number of benzene rings is 12. The summed E-state index contributed by atoms with van der Waals surface area (Å²) in [5.74, 6) is 0. The minimum Gasteiger partial charge on any atom is -0.456 e. The lowest BCUT2D eigenvalue weighted by molar-refractivity contribution is 0.669. The van der Waals surface area contributed by atoms with Crippen LogP contribution in [-0.2, 0) is 0 Å². The van der Waals surface area contributed by atoms with Gasteiger partial charge in [-0.05, 0) is 131 Å². The zero-order chi connectivity index (χ0) is 43.6. The molecule has 12 aromatic carbocycles. The van der Waals surface area contributed by atoms with Gasteiger partial charge in [0.05, 0.1) is 5.69 Å². The molecule has 0 amide bonds. The normalized spacial score (nSPS) is 11.6. The van der Waals surface area contributed by atoms with E-state index in [0.717, 1.165) is 50.1 Å². The minimum atomic E-state index is 0.897. The summed E-state index contributed by atoms with van der Waals surface area (Å²) in [4.78, 5) is 2.41. The number of fused-ring (bicyclic) bond motifs is 9. The van der Waals surface area contributed by atoms with Crippen LogP contribution in [0.1, 0.15) is 0 Å². The number of rotatable bonds is 7. The van der Waals surface area contributed by atoms with Crippen LogP contribution in [0, 0.1) is 0 Å². The molecule has 0 saturated heterocycles. The SMILES string of the molecule is c1ccc(N(c2ccc(-c3ccc(-c4ccc5c(ccc6ccccc65)c4)cc3)cc2)c2ccc(-c3cccc4oc5ccccc5c34)cc2)c(-c2cccc3c2ccc2ccccc23)c1. The second-order valence-corrected chi connectivity index (χ2v) is 17.2. The predicted molar refractivity (Wildman–Crippen MR) is 280 cm³/mol. The topological polar surface area (TPSA) is 16.4 Å². The Hall–Kier alpha value is -8.72. The van der Waals surface area contributed by atoms with Crippen molar-refractivity contribution in [2.45, 2.75) is 0 Å². The predicted octanol–water partition coefficient (Wildman–Crippen LogP) is 18.3. The lowest BCUT2D eigenvalue weighted by atomic mass is 9.93. The lowest BCUT2D eigenvalue weighted by Crippen LogP contribution is -2.11. The fraction of sp³-hybridized carbons (Fsp3) is 0. The van der Waals surface area contributed by atoms with E-state index in [0.29, 0.717) is 0 Å². The van der Waals surface area contributed by atoms with E-state index in [4.69, 9.17) is 4.42 Å². The quantitative estimate of drug-likeness (QED) is 0.149. The molecule has 0 radical (unpaired) electrons. The molecule has 13 aromatic rings. The van der Waals surface area contributed by atoms with Crippen LogP contribution in [0.2, 0.25) is 0 Å². The van der Waals surface area contributed by atoms with Gasteiger partial charge in [0, 0.05) is 27.7 Å². The van der Waals surface area contributed by atoms with Crippen molar-refractivity contribution in [2.24, 2.45) is 0 Å². The molecular weight excluding hydrogens is 799 g/mol. The Morgan fingerprint density at radius 2 is 0.727 bits per heavy atom. The molecule has 0 atom stereocenters. The molecular formula is C64H41NO. The van der Waals surface area contributed by atoms with Crippen molar-refractivity contribution in [3.8, 4) is 44.5 Å². The Bertz CT molecular complexity index is 3970. The van der Waals surface area contributed by atoms with Crippen molar-refractivity contribution in [1.82, 2.24) is 0 Å². The molecule has 1 aromatic heterocycles. The van der Waals surface area contributed by atoms with Gasteiger partial charge in [-0.3, -0.25) is 0 Å². The molecule has 0 fully saturated rings. The highest BCUT2D eigenvalue weighted by atomic mass is 16.3. The molecule has 2 heteroatoms. The molecule has 0 N–H and O–H groups in total. The maximum atomic E-state index is 6.29. The summed E-state index contributed by atoms with van der Waals surface area (Å²) in [6.45, 7) is 0. The summed E-state index contributed by atoms with van der Waals surface area (Å²) in [6.07, 6.45) is 0. The van der Waals surface area contributed by atoms with Gasteiger partial charge in [-0.25, -0.2) is 0 Å². The fourth-order valence-corrected chi connectivity index (χ4v) is 10.3. The number of anilines is 3. The Balaban J connectivity index is 0.898. The van der Waals surface area contributed by atoms with Gasteiger partial charge in [0.2, 0.25) is 0 Å². The van der Waals surface area contributed by atoms with E-state index in [1.807, 2.05) is 12.1 Å². The largest absolute Gasteiger partial charge is 0.456 e. The second-order valence-electron chi connectivity index (χ2n) is 17.2. The third kappa shape index (κ3) is 6.34. The van der Waals surface area contributed by atoms with E-state index in [-0.39, 0.29) is 0 Å². The summed E-state index contributed by atoms with van der Waals surface area (Å²) < 4.78 is 6.29. The Labute approximate surface area is 382 Å². The van der Waals surface area contributed by atoms with Gasteiger partial charge >= 0.3 is 0 Å². The molecule has 1 heterocycles. The smallest absolute Gasteiger partial charge is 0.136 e. The van der Waals surface area contributed by atoms with Crippen LogP contribution in [0.5, 0.6) is 0 Å². The molecule has 13 rings (SSSR count). The fourth-order valence-electron chi connectivity index (χ4n) is 10.3. The van der Waals surface area contributed by atoms with Crippen LogP contribution in [0.4, 0.5) is 17.1 Å². The maximum Gasteiger partial charge on any atom is 0.136 e. The van der Waals surface area contributed by atoms with Gasteiger partial charge in [0.1, 0.15) is 11.2 Å². The standard InChI is InChI=1S/C64H41NO/c1-3-13-52-45(11-1)27-28-49-41-48(34-39-54(49)52)44-25-23-42(24-26-44)43-29-35-50(36-30-43)65(51-37-31-47(32-38-51)55-17-10-22-63-64(55)60-16-6-8-21-62(60)66-63)61-20-7-5-15-59(61)57-19-9-18-56-53-14-4-2-12-46(53)33-40-58(56)57/h1-41H. The first-order valence-electron chi connectivity index (χ1n) is 22.7. The Kier molecular flexibility index (Phi) is 8.89. The molecule has 0 aliphatic carbocycles. The van der Waals surface area contributed by atoms with Crippen molar-refractivity contribution >= 4 is 82.1 Å². The van der Waals surface area contributed by atoms with E-state index in [1.54, 1.807) is 0 Å². The molecule has 308 valence electrons. The first-order valence-corrected chi connectivity index (χ1v) is 22.7. The zero-order valence-corrected chi connectivity index (χ0v) is 36.0. The zero-order valence-electron chi connectivity index (χ0n) is 36.0. The van der Waals surface area contributed by atoms with Crippen molar-refractivity contribution in [3.63, 3.8) is 0 Å². The number of hydrogen-bond donors (Lipinski definition) is 0. The van der Waals surface area contributed by atoms with E-state index in [1.165, 1.54) is 76.5 Å².